The first-order valence-electron chi connectivity index (χ1n) is 4.56. The zero-order valence-electron chi connectivity index (χ0n) is 7.73. The minimum absolute atomic E-state index is 0.224. The van der Waals surface area contributed by atoms with Crippen LogP contribution in [0.25, 0.3) is 0 Å². The van der Waals surface area contributed by atoms with Crippen LogP contribution in [-0.2, 0) is 4.74 Å². The minimum Gasteiger partial charge on any atom is -0.496 e. The summed E-state index contributed by atoms with van der Waals surface area (Å²) >= 11 is 0. The molecule has 1 aliphatic rings. The van der Waals surface area contributed by atoms with Gasteiger partial charge in [0.05, 0.1) is 6.61 Å². The van der Waals surface area contributed by atoms with E-state index >= 15 is 0 Å². The molecule has 1 atom stereocenters. The van der Waals surface area contributed by atoms with Crippen LogP contribution in [0.4, 0.5) is 0 Å². The molecule has 1 unspecified atom stereocenters. The van der Waals surface area contributed by atoms with Gasteiger partial charge in [0.15, 0.2) is 5.82 Å². The van der Waals surface area contributed by atoms with Crippen LogP contribution < -0.4 is 11.3 Å². The second kappa shape index (κ2) is 4.21. The summed E-state index contributed by atoms with van der Waals surface area (Å²) in [5.41, 5.74) is 2.65. The Bertz CT molecular complexity index is 308. The summed E-state index contributed by atoms with van der Waals surface area (Å²) in [5, 5.41) is 6.53. The molecular formula is C8H13N5O. The average molecular weight is 195 g/mol. The molecule has 0 saturated heterocycles. The van der Waals surface area contributed by atoms with E-state index in [0.717, 1.165) is 25.2 Å². The second-order valence-electron chi connectivity index (χ2n) is 3.07. The van der Waals surface area contributed by atoms with Crippen molar-refractivity contribution in [3.8, 4) is 0 Å². The van der Waals surface area contributed by atoms with Gasteiger partial charge in [-0.2, -0.15) is 5.10 Å². The van der Waals surface area contributed by atoms with Crippen LogP contribution in [0.15, 0.2) is 18.2 Å². The van der Waals surface area contributed by atoms with E-state index in [9.17, 15) is 0 Å². The maximum atomic E-state index is 5.49. The van der Waals surface area contributed by atoms with Gasteiger partial charge in [-0.15, -0.1) is 0 Å². The van der Waals surface area contributed by atoms with Gasteiger partial charge in [0, 0.05) is 0 Å². The number of hydrazine groups is 1. The van der Waals surface area contributed by atoms with Gasteiger partial charge in [-0.1, -0.05) is 0 Å². The molecule has 0 aromatic carbocycles. The average Bonchev–Trinajstić information content (AvgIpc) is 2.74. The van der Waals surface area contributed by atoms with E-state index in [2.05, 4.69) is 20.6 Å². The third kappa shape index (κ3) is 1.75. The fourth-order valence-corrected chi connectivity index (χ4v) is 1.43. The quantitative estimate of drug-likeness (QED) is 0.467. The van der Waals surface area contributed by atoms with Crippen LogP contribution in [0.5, 0.6) is 0 Å². The molecule has 4 N–H and O–H groups in total. The lowest BCUT2D eigenvalue weighted by molar-refractivity contribution is 0.166. The zero-order chi connectivity index (χ0) is 9.80. The van der Waals surface area contributed by atoms with Crippen molar-refractivity contribution in [2.24, 2.45) is 5.84 Å². The number of aromatic nitrogens is 3. The minimum atomic E-state index is -0.224. The van der Waals surface area contributed by atoms with Crippen molar-refractivity contribution in [1.29, 1.82) is 0 Å². The topological polar surface area (TPSA) is 88.8 Å². The Hall–Kier alpha value is -1.40. The molecular weight excluding hydrogens is 182 g/mol. The lowest BCUT2D eigenvalue weighted by Gasteiger charge is -2.21. The fraction of sp³-hybridized carbons (Fsp3) is 0.500. The number of nitrogens with two attached hydrogens (primary N) is 1. The first-order chi connectivity index (χ1) is 6.92. The van der Waals surface area contributed by atoms with Crippen LogP contribution in [-0.4, -0.2) is 21.8 Å². The fourth-order valence-electron chi connectivity index (χ4n) is 1.43. The predicted molar refractivity (Wildman–Crippen MR) is 49.7 cm³/mol. The monoisotopic (exact) mass is 195 g/mol. The Morgan fingerprint density at radius 2 is 2.57 bits per heavy atom. The summed E-state index contributed by atoms with van der Waals surface area (Å²) in [6, 6.07) is -0.224. The number of allylic oxidation sites excluding steroid dienone is 1. The molecule has 0 amide bonds. The number of hydrogen-bond acceptors (Lipinski definition) is 5. The molecule has 0 spiro atoms. The SMILES string of the molecule is NNC(C1=CCCCO1)c1ncn[nH]1. The predicted octanol–water partition coefficient (Wildman–Crippen LogP) is 0.00340. The highest BCUT2D eigenvalue weighted by Crippen LogP contribution is 2.22. The van der Waals surface area contributed by atoms with Crippen molar-refractivity contribution in [3.05, 3.63) is 24.0 Å². The van der Waals surface area contributed by atoms with Gasteiger partial charge in [-0.3, -0.25) is 10.9 Å². The molecule has 1 aliphatic heterocycles. The van der Waals surface area contributed by atoms with Gasteiger partial charge in [0.1, 0.15) is 18.1 Å². The Kier molecular flexibility index (Phi) is 2.76. The normalized spacial score (nSPS) is 18.5. The van der Waals surface area contributed by atoms with Crippen LogP contribution in [0, 0.1) is 0 Å². The maximum Gasteiger partial charge on any atom is 0.150 e. The molecule has 6 nitrogen and oxygen atoms in total. The number of hydrogen-bond donors (Lipinski definition) is 3. The Balaban J connectivity index is 2.16. The van der Waals surface area contributed by atoms with E-state index in [1.807, 2.05) is 6.08 Å². The number of ether oxygens (including phenoxy) is 1. The van der Waals surface area contributed by atoms with E-state index in [1.165, 1.54) is 6.33 Å². The number of rotatable bonds is 3. The number of aromatic amines is 1. The lowest BCUT2D eigenvalue weighted by atomic mass is 10.1. The number of nitrogens with zero attached hydrogens (tertiary/aromatic N) is 2. The van der Waals surface area contributed by atoms with E-state index in [0.29, 0.717) is 5.82 Å². The Morgan fingerprint density at radius 1 is 1.64 bits per heavy atom. The number of H-pyrrole nitrogens is 1. The van der Waals surface area contributed by atoms with Crippen molar-refractivity contribution in [3.63, 3.8) is 0 Å². The molecule has 1 aromatic rings. The molecule has 0 fully saturated rings. The van der Waals surface area contributed by atoms with Gasteiger partial charge in [0.2, 0.25) is 0 Å². The highest BCUT2D eigenvalue weighted by Gasteiger charge is 2.20. The molecule has 0 saturated carbocycles. The van der Waals surface area contributed by atoms with Crippen molar-refractivity contribution in [1.82, 2.24) is 20.6 Å². The lowest BCUT2D eigenvalue weighted by Crippen LogP contribution is -2.31. The summed E-state index contributed by atoms with van der Waals surface area (Å²) < 4.78 is 5.49. The Morgan fingerprint density at radius 3 is 3.14 bits per heavy atom. The van der Waals surface area contributed by atoms with Gasteiger partial charge >= 0.3 is 0 Å². The number of nitrogens with one attached hydrogen (secondary N) is 2. The van der Waals surface area contributed by atoms with Crippen molar-refractivity contribution in [2.75, 3.05) is 6.61 Å². The van der Waals surface area contributed by atoms with Crippen LogP contribution in [0.1, 0.15) is 24.7 Å². The largest absolute Gasteiger partial charge is 0.496 e. The molecule has 2 heterocycles. The van der Waals surface area contributed by atoms with Gasteiger partial charge in [-0.05, 0) is 18.9 Å². The van der Waals surface area contributed by atoms with Gasteiger partial charge in [0.25, 0.3) is 0 Å². The van der Waals surface area contributed by atoms with Crippen molar-refractivity contribution in [2.45, 2.75) is 18.9 Å². The van der Waals surface area contributed by atoms with Gasteiger partial charge in [-0.25, -0.2) is 10.4 Å². The third-order valence-electron chi connectivity index (χ3n) is 2.12. The summed E-state index contributed by atoms with van der Waals surface area (Å²) in [4.78, 5) is 4.03. The second-order valence-corrected chi connectivity index (χ2v) is 3.07. The molecule has 0 aliphatic carbocycles. The van der Waals surface area contributed by atoms with Gasteiger partial charge < -0.3 is 4.74 Å². The zero-order valence-corrected chi connectivity index (χ0v) is 7.73. The molecule has 76 valence electrons. The molecule has 0 bridgehead atoms. The molecule has 2 rings (SSSR count). The highest BCUT2D eigenvalue weighted by atomic mass is 16.5. The maximum absolute atomic E-state index is 5.49. The van der Waals surface area contributed by atoms with Crippen LogP contribution in [0.2, 0.25) is 0 Å². The van der Waals surface area contributed by atoms with E-state index in [4.69, 9.17) is 10.6 Å². The van der Waals surface area contributed by atoms with Crippen molar-refractivity contribution >= 4 is 0 Å². The molecule has 14 heavy (non-hydrogen) atoms. The van der Waals surface area contributed by atoms with E-state index < -0.39 is 0 Å². The smallest absolute Gasteiger partial charge is 0.150 e. The summed E-state index contributed by atoms with van der Waals surface area (Å²) in [5.74, 6) is 6.92. The molecule has 1 aromatic heterocycles. The highest BCUT2D eigenvalue weighted by molar-refractivity contribution is 5.12. The molecule has 0 radical (unpaired) electrons. The van der Waals surface area contributed by atoms with E-state index in [1.54, 1.807) is 0 Å². The summed E-state index contributed by atoms with van der Waals surface area (Å²) in [6.07, 6.45) is 5.54. The summed E-state index contributed by atoms with van der Waals surface area (Å²) in [6.45, 7) is 0.734. The standard InChI is InChI=1S/C8H13N5O/c9-12-7(8-10-5-11-13-8)6-3-1-2-4-14-6/h3,5,7,12H,1-2,4,9H2,(H,10,11,13). The Labute approximate surface area is 81.5 Å². The molecule has 6 heteroatoms. The van der Waals surface area contributed by atoms with E-state index in [-0.39, 0.29) is 6.04 Å². The summed E-state index contributed by atoms with van der Waals surface area (Å²) in [7, 11) is 0. The first kappa shape index (κ1) is 9.17. The third-order valence-corrected chi connectivity index (χ3v) is 2.12. The van der Waals surface area contributed by atoms with Crippen molar-refractivity contribution < 1.29 is 4.74 Å². The first-order valence-corrected chi connectivity index (χ1v) is 4.56. The van der Waals surface area contributed by atoms with Crippen LogP contribution in [0.3, 0.4) is 0 Å². The van der Waals surface area contributed by atoms with Crippen LogP contribution >= 0.6 is 0 Å².